The summed E-state index contributed by atoms with van der Waals surface area (Å²) in [7, 11) is 0. The fourth-order valence-electron chi connectivity index (χ4n) is 4.81. The lowest BCUT2D eigenvalue weighted by atomic mass is 10.0. The van der Waals surface area contributed by atoms with Crippen LogP contribution in [0, 0.1) is 5.92 Å². The molecule has 2 aromatic carbocycles. The van der Waals surface area contributed by atoms with E-state index in [1.54, 1.807) is 95.3 Å². The van der Waals surface area contributed by atoms with Crippen LogP contribution in [0.3, 0.4) is 0 Å². The normalized spacial score (nSPS) is 13.1. The maximum Gasteiger partial charge on any atom is 0.426 e. The molecule has 0 radical (unpaired) electrons. The molecule has 10 N–H and O–H groups in total. The average molecular weight is 755 g/mol. The Labute approximate surface area is 313 Å². The van der Waals surface area contributed by atoms with Crippen LogP contribution in [-0.2, 0) is 51.3 Å². The number of carbonyl (C=O) groups is 8. The van der Waals surface area contributed by atoms with E-state index in [1.165, 1.54) is 0 Å². The van der Waals surface area contributed by atoms with Crippen molar-refractivity contribution in [2.24, 2.45) is 17.4 Å². The maximum atomic E-state index is 13.6. The zero-order chi connectivity index (χ0) is 40.4. The van der Waals surface area contributed by atoms with E-state index in [2.05, 4.69) is 32.1 Å². The molecule has 18 nitrogen and oxygen atoms in total. The van der Waals surface area contributed by atoms with Gasteiger partial charge in [-0.3, -0.25) is 34.2 Å². The topological polar surface area (TPSA) is 279 Å². The largest absolute Gasteiger partial charge is 0.445 e. The number of rotatable bonds is 18. The van der Waals surface area contributed by atoms with Crippen molar-refractivity contribution in [1.29, 1.82) is 0 Å². The molecule has 0 saturated heterocycles. The number of carbonyl (C=O) groups excluding carboxylic acids is 8. The average Bonchev–Trinajstić information content (AvgIpc) is 3.08. The molecular formula is C36H50N8O10. The number of hydrogen-bond acceptors (Lipinski definition) is 10. The number of benzene rings is 2. The van der Waals surface area contributed by atoms with Crippen molar-refractivity contribution in [3.05, 3.63) is 71.8 Å². The molecule has 2 aromatic rings. The van der Waals surface area contributed by atoms with E-state index in [0.29, 0.717) is 11.1 Å². The van der Waals surface area contributed by atoms with Gasteiger partial charge in [0.1, 0.15) is 36.4 Å². The molecule has 2 rings (SSSR count). The lowest BCUT2D eigenvalue weighted by molar-refractivity contribution is -0.136. The Morgan fingerprint density at radius 2 is 1.06 bits per heavy atom. The van der Waals surface area contributed by atoms with Gasteiger partial charge in [0.2, 0.25) is 29.5 Å². The summed E-state index contributed by atoms with van der Waals surface area (Å²) in [6.07, 6.45) is -3.36. The standard InChI is InChI=1S/C36H50N8O10/c1-21(2)16-24(42-34(51)53-20-23-14-10-7-11-15-23)30(47)40-27(19-29(38)46)32(49)41-26(18-28(37)45)31(48)39-25(17-22-12-8-6-9-13-22)33(50)43-44-35(52)54-36(3,4)5/h6-15,21,24-27H,16-20H2,1-5H3,(H2,37,45)(H2,38,46)(H,39,48)(H,40,47)(H,41,49)(H,42,51)(H,43,50)(H,44,52)/t24-,25-,26-,27-/m0/s1. The first-order valence-corrected chi connectivity index (χ1v) is 17.1. The van der Waals surface area contributed by atoms with Gasteiger partial charge in [-0.15, -0.1) is 0 Å². The number of hydrazine groups is 1. The van der Waals surface area contributed by atoms with Crippen LogP contribution in [0.25, 0.3) is 0 Å². The third kappa shape index (κ3) is 17.3. The highest BCUT2D eigenvalue weighted by atomic mass is 16.6. The molecule has 294 valence electrons. The fraction of sp³-hybridized carbons (Fsp3) is 0.444. The lowest BCUT2D eigenvalue weighted by Crippen LogP contribution is -2.60. The molecule has 0 aliphatic rings. The van der Waals surface area contributed by atoms with E-state index < -0.39 is 90.2 Å². The van der Waals surface area contributed by atoms with Crippen molar-refractivity contribution in [2.75, 3.05) is 0 Å². The van der Waals surface area contributed by atoms with Crippen molar-refractivity contribution in [1.82, 2.24) is 32.1 Å². The maximum absolute atomic E-state index is 13.6. The summed E-state index contributed by atoms with van der Waals surface area (Å²) in [4.78, 5) is 102. The van der Waals surface area contributed by atoms with E-state index in [1.807, 2.05) is 0 Å². The van der Waals surface area contributed by atoms with Crippen molar-refractivity contribution >= 4 is 47.6 Å². The minimum absolute atomic E-state index is 0.0766. The Kier molecular flexibility index (Phi) is 17.4. The minimum atomic E-state index is -1.70. The number of nitrogens with two attached hydrogens (primary N) is 2. The van der Waals surface area contributed by atoms with E-state index in [0.717, 1.165) is 0 Å². The molecule has 0 aromatic heterocycles. The van der Waals surface area contributed by atoms with Gasteiger partial charge < -0.3 is 42.2 Å². The number of alkyl carbamates (subject to hydrolysis) is 1. The van der Waals surface area contributed by atoms with Crippen LogP contribution in [0.5, 0.6) is 0 Å². The summed E-state index contributed by atoms with van der Waals surface area (Å²) in [6, 6.07) is 11.3. The third-order valence-electron chi connectivity index (χ3n) is 7.21. The molecule has 0 bridgehead atoms. The molecule has 0 spiro atoms. The van der Waals surface area contributed by atoms with Gasteiger partial charge in [-0.25, -0.2) is 15.0 Å². The number of primary amides is 2. The van der Waals surface area contributed by atoms with E-state index in [4.69, 9.17) is 20.9 Å². The molecule has 0 aliphatic heterocycles. The Bertz CT molecular complexity index is 1620. The third-order valence-corrected chi connectivity index (χ3v) is 7.21. The van der Waals surface area contributed by atoms with Gasteiger partial charge in [0, 0.05) is 6.42 Å². The second-order valence-electron chi connectivity index (χ2n) is 13.7. The van der Waals surface area contributed by atoms with Crippen LogP contribution in [0.15, 0.2) is 60.7 Å². The summed E-state index contributed by atoms with van der Waals surface area (Å²) in [5, 5.41) is 9.58. The van der Waals surface area contributed by atoms with Crippen molar-refractivity contribution in [2.45, 2.75) is 96.7 Å². The first-order chi connectivity index (χ1) is 25.3. The number of amides is 8. The number of hydrogen-bond donors (Lipinski definition) is 8. The molecule has 0 aliphatic carbocycles. The fourth-order valence-corrected chi connectivity index (χ4v) is 4.81. The molecule has 18 heteroatoms. The van der Waals surface area contributed by atoms with Gasteiger partial charge in [-0.1, -0.05) is 74.5 Å². The van der Waals surface area contributed by atoms with Gasteiger partial charge in [0.05, 0.1) is 12.8 Å². The van der Waals surface area contributed by atoms with Gasteiger partial charge in [0.15, 0.2) is 0 Å². The Morgan fingerprint density at radius 3 is 1.52 bits per heavy atom. The molecule has 8 amide bonds. The summed E-state index contributed by atoms with van der Waals surface area (Å²) < 4.78 is 10.3. The van der Waals surface area contributed by atoms with Gasteiger partial charge in [0.25, 0.3) is 5.91 Å². The van der Waals surface area contributed by atoms with Crippen LogP contribution in [0.4, 0.5) is 9.59 Å². The lowest BCUT2D eigenvalue weighted by Gasteiger charge is -2.26. The zero-order valence-electron chi connectivity index (χ0n) is 30.9. The van der Waals surface area contributed by atoms with E-state index >= 15 is 0 Å². The Balaban J connectivity index is 2.24. The van der Waals surface area contributed by atoms with Crippen molar-refractivity contribution in [3.63, 3.8) is 0 Å². The second-order valence-corrected chi connectivity index (χ2v) is 13.7. The second kappa shape index (κ2) is 21.4. The van der Waals surface area contributed by atoms with Crippen LogP contribution < -0.4 is 43.6 Å². The summed E-state index contributed by atoms with van der Waals surface area (Å²) in [5.74, 6) is -6.03. The first kappa shape index (κ1) is 44.0. The predicted octanol–water partition coefficient (Wildman–Crippen LogP) is 0.331. The van der Waals surface area contributed by atoms with Gasteiger partial charge in [-0.2, -0.15) is 0 Å². The molecule has 54 heavy (non-hydrogen) atoms. The Hall–Kier alpha value is -6.20. The molecule has 0 heterocycles. The van der Waals surface area contributed by atoms with Gasteiger partial charge >= 0.3 is 12.2 Å². The predicted molar refractivity (Wildman–Crippen MR) is 194 cm³/mol. The molecule has 0 fully saturated rings. The SMILES string of the molecule is CC(C)C[C@H](NC(=O)OCc1ccccc1)C(=O)N[C@@H](CC(N)=O)C(=O)N[C@@H](CC(N)=O)C(=O)N[C@@H](Cc1ccccc1)C(=O)NNC(=O)OC(C)(C)C. The quantitative estimate of drug-likeness (QED) is 0.0966. The van der Waals surface area contributed by atoms with Gasteiger partial charge in [-0.05, 0) is 44.2 Å². The summed E-state index contributed by atoms with van der Waals surface area (Å²) in [6.45, 7) is 8.35. The van der Waals surface area contributed by atoms with Crippen LogP contribution in [0.1, 0.15) is 65.0 Å². The zero-order valence-corrected chi connectivity index (χ0v) is 30.9. The van der Waals surface area contributed by atoms with Crippen LogP contribution in [-0.4, -0.2) is 77.4 Å². The number of ether oxygens (including phenoxy) is 2. The Morgan fingerprint density at radius 1 is 0.593 bits per heavy atom. The van der Waals surface area contributed by atoms with Crippen molar-refractivity contribution < 1.29 is 47.8 Å². The van der Waals surface area contributed by atoms with Crippen molar-refractivity contribution in [3.8, 4) is 0 Å². The summed E-state index contributed by atoms with van der Waals surface area (Å²) in [5.41, 5.74) is 15.4. The molecule has 4 atom stereocenters. The monoisotopic (exact) mass is 754 g/mol. The van der Waals surface area contributed by atoms with Crippen LogP contribution in [0.2, 0.25) is 0 Å². The highest BCUT2D eigenvalue weighted by molar-refractivity contribution is 5.98. The summed E-state index contributed by atoms with van der Waals surface area (Å²) >= 11 is 0. The van der Waals surface area contributed by atoms with Crippen LogP contribution >= 0.6 is 0 Å². The first-order valence-electron chi connectivity index (χ1n) is 17.1. The highest BCUT2D eigenvalue weighted by Crippen LogP contribution is 2.10. The van der Waals surface area contributed by atoms with E-state index in [9.17, 15) is 38.4 Å². The molecular weight excluding hydrogens is 704 g/mol. The molecule has 0 saturated carbocycles. The number of nitrogens with one attached hydrogen (secondary N) is 6. The highest BCUT2D eigenvalue weighted by Gasteiger charge is 2.33. The van der Waals surface area contributed by atoms with E-state index in [-0.39, 0.29) is 25.4 Å². The minimum Gasteiger partial charge on any atom is -0.445 e. The molecule has 0 unspecified atom stereocenters. The smallest absolute Gasteiger partial charge is 0.426 e.